The third kappa shape index (κ3) is 2.56. The van der Waals surface area contributed by atoms with Gasteiger partial charge in [0.1, 0.15) is 4.88 Å². The summed E-state index contributed by atoms with van der Waals surface area (Å²) in [5, 5.41) is 10.5. The predicted molar refractivity (Wildman–Crippen MR) is 63.2 cm³/mol. The Morgan fingerprint density at radius 3 is 2.75 bits per heavy atom. The molecule has 1 aliphatic rings. The maximum Gasteiger partial charge on any atom is 0.345 e. The molecule has 2 rings (SSSR count). The van der Waals surface area contributed by atoms with Crippen LogP contribution in [0.3, 0.4) is 0 Å². The molecule has 1 saturated heterocycles. The van der Waals surface area contributed by atoms with Crippen molar-refractivity contribution in [2.75, 3.05) is 18.8 Å². The Morgan fingerprint density at radius 2 is 2.25 bits per heavy atom. The van der Waals surface area contributed by atoms with Crippen molar-refractivity contribution in [3.8, 4) is 0 Å². The number of thioether (sulfide) groups is 1. The number of carboxylic acid groups (broad SMARTS) is 1. The molecule has 0 radical (unpaired) electrons. The number of hydrogen-bond donors (Lipinski definition) is 1. The summed E-state index contributed by atoms with van der Waals surface area (Å²) in [6.45, 7) is 1.73. The second kappa shape index (κ2) is 4.88. The highest BCUT2D eigenvalue weighted by molar-refractivity contribution is 8.00. The zero-order valence-electron chi connectivity index (χ0n) is 8.51. The lowest BCUT2D eigenvalue weighted by Gasteiger charge is -2.30. The number of thiophene rings is 1. The number of hydrogen-bond acceptors (Lipinski definition) is 4. The molecule has 1 N–H and O–H groups in total. The van der Waals surface area contributed by atoms with Crippen molar-refractivity contribution < 1.29 is 14.7 Å². The first-order chi connectivity index (χ1) is 7.66. The molecule has 1 aromatic heterocycles. The largest absolute Gasteiger partial charge is 0.477 e. The van der Waals surface area contributed by atoms with Gasteiger partial charge in [-0.2, -0.15) is 0 Å². The first-order valence-electron chi connectivity index (χ1n) is 4.89. The number of nitrogens with zero attached hydrogens (tertiary/aromatic N) is 1. The quantitative estimate of drug-likeness (QED) is 0.835. The Labute approximate surface area is 101 Å². The average Bonchev–Trinajstić information content (AvgIpc) is 2.60. The highest BCUT2D eigenvalue weighted by Crippen LogP contribution is 2.25. The van der Waals surface area contributed by atoms with Crippen LogP contribution in [-0.4, -0.2) is 40.7 Å². The number of amides is 1. The Hall–Kier alpha value is -1.01. The van der Waals surface area contributed by atoms with Crippen LogP contribution in [0.2, 0.25) is 0 Å². The van der Waals surface area contributed by atoms with Gasteiger partial charge in [0.25, 0.3) is 0 Å². The lowest BCUT2D eigenvalue weighted by atomic mass is 10.2. The highest BCUT2D eigenvalue weighted by Gasteiger charge is 2.20. The van der Waals surface area contributed by atoms with Crippen LogP contribution >= 0.6 is 23.1 Å². The number of aromatic carboxylic acids is 1. The van der Waals surface area contributed by atoms with Gasteiger partial charge >= 0.3 is 5.97 Å². The molecule has 16 heavy (non-hydrogen) atoms. The summed E-state index contributed by atoms with van der Waals surface area (Å²) >= 11 is 2.59. The Kier molecular flexibility index (Phi) is 3.50. The summed E-state index contributed by atoms with van der Waals surface area (Å²) in [5.41, 5.74) is 0. The van der Waals surface area contributed by atoms with Crippen LogP contribution in [0.5, 0.6) is 0 Å². The molecule has 0 aliphatic carbocycles. The molecule has 0 bridgehead atoms. The van der Waals surface area contributed by atoms with Crippen LogP contribution in [0, 0.1) is 0 Å². The maximum atomic E-state index is 11.5. The van der Waals surface area contributed by atoms with Crippen LogP contribution in [0.4, 0.5) is 0 Å². The molecule has 6 heteroatoms. The monoisotopic (exact) mass is 257 g/mol. The van der Waals surface area contributed by atoms with E-state index in [2.05, 4.69) is 0 Å². The van der Waals surface area contributed by atoms with Crippen molar-refractivity contribution in [2.45, 2.75) is 11.3 Å². The molecule has 0 saturated carbocycles. The van der Waals surface area contributed by atoms with Gasteiger partial charge in [-0.25, -0.2) is 4.79 Å². The minimum atomic E-state index is -0.911. The van der Waals surface area contributed by atoms with Crippen LogP contribution in [0.15, 0.2) is 16.3 Å². The third-order valence-corrected chi connectivity index (χ3v) is 4.38. The fourth-order valence-corrected chi connectivity index (χ4v) is 3.08. The minimum Gasteiger partial charge on any atom is -0.477 e. The first-order valence-corrected chi connectivity index (χ1v) is 6.76. The predicted octanol–water partition coefficient (Wildman–Crippen LogP) is 1.77. The van der Waals surface area contributed by atoms with Crippen molar-refractivity contribution >= 4 is 35.0 Å². The number of likely N-dealkylation sites (tertiary alicyclic amines) is 1. The summed E-state index contributed by atoms with van der Waals surface area (Å²) in [7, 11) is 0. The third-order valence-electron chi connectivity index (χ3n) is 2.36. The molecule has 0 aromatic carbocycles. The molecule has 2 heterocycles. The van der Waals surface area contributed by atoms with Crippen LogP contribution in [-0.2, 0) is 4.79 Å². The molecule has 0 spiro atoms. The number of rotatable bonds is 4. The van der Waals surface area contributed by atoms with Crippen molar-refractivity contribution in [3.63, 3.8) is 0 Å². The van der Waals surface area contributed by atoms with E-state index in [-0.39, 0.29) is 5.91 Å². The fraction of sp³-hybridized carbons (Fsp3) is 0.400. The zero-order chi connectivity index (χ0) is 11.5. The van der Waals surface area contributed by atoms with Gasteiger partial charge in [-0.1, -0.05) is 0 Å². The molecule has 1 aromatic rings. The normalized spacial score (nSPS) is 14.6. The van der Waals surface area contributed by atoms with Gasteiger partial charge in [0.05, 0.1) is 5.75 Å². The van der Waals surface area contributed by atoms with E-state index in [9.17, 15) is 9.59 Å². The second-order valence-corrected chi connectivity index (χ2v) is 5.43. The van der Waals surface area contributed by atoms with Gasteiger partial charge in [0, 0.05) is 23.4 Å². The molecular formula is C10H11NO3S2. The summed E-state index contributed by atoms with van der Waals surface area (Å²) < 4.78 is 0. The Balaban J connectivity index is 1.84. The standard InChI is InChI=1S/C10H11NO3S2/c12-9(11-2-1-3-11)6-15-7-4-8(10(13)14)16-5-7/h4-5H,1-3,6H2,(H,13,14). The molecule has 1 fully saturated rings. The van der Waals surface area contributed by atoms with Gasteiger partial charge in [-0.05, 0) is 12.5 Å². The van der Waals surface area contributed by atoms with Crippen molar-refractivity contribution in [1.82, 2.24) is 4.90 Å². The van der Waals surface area contributed by atoms with Gasteiger partial charge in [-0.3, -0.25) is 4.79 Å². The minimum absolute atomic E-state index is 0.138. The molecule has 1 amide bonds. The maximum absolute atomic E-state index is 11.5. The molecule has 1 aliphatic heterocycles. The molecule has 0 unspecified atom stereocenters. The SMILES string of the molecule is O=C(O)c1cc(SCC(=O)N2CCC2)cs1. The summed E-state index contributed by atoms with van der Waals surface area (Å²) in [6, 6.07) is 1.61. The van der Waals surface area contributed by atoms with E-state index in [4.69, 9.17) is 5.11 Å². The van der Waals surface area contributed by atoms with E-state index < -0.39 is 5.97 Å². The number of carbonyl (C=O) groups excluding carboxylic acids is 1. The van der Waals surface area contributed by atoms with Gasteiger partial charge in [-0.15, -0.1) is 23.1 Å². The Bertz CT molecular complexity index is 412. The molecule has 0 atom stereocenters. The fourth-order valence-electron chi connectivity index (χ4n) is 1.31. The summed E-state index contributed by atoms with van der Waals surface area (Å²) in [6.07, 6.45) is 1.10. The van der Waals surface area contributed by atoms with Gasteiger partial charge in [0.2, 0.25) is 5.91 Å². The summed E-state index contributed by atoms with van der Waals surface area (Å²) in [5.74, 6) is -0.374. The first kappa shape index (κ1) is 11.5. The molecule has 86 valence electrons. The van der Waals surface area contributed by atoms with E-state index in [1.165, 1.54) is 23.1 Å². The lowest BCUT2D eigenvalue weighted by Crippen LogP contribution is -2.42. The van der Waals surface area contributed by atoms with Crippen molar-refractivity contribution in [1.29, 1.82) is 0 Å². The zero-order valence-corrected chi connectivity index (χ0v) is 10.1. The van der Waals surface area contributed by atoms with Crippen LogP contribution in [0.1, 0.15) is 16.1 Å². The smallest absolute Gasteiger partial charge is 0.345 e. The van der Waals surface area contributed by atoms with Gasteiger partial charge < -0.3 is 10.0 Å². The highest BCUT2D eigenvalue weighted by atomic mass is 32.2. The molecule has 4 nitrogen and oxygen atoms in total. The van der Waals surface area contributed by atoms with E-state index in [1.54, 1.807) is 11.4 Å². The van der Waals surface area contributed by atoms with Crippen molar-refractivity contribution in [3.05, 3.63) is 16.3 Å². The summed E-state index contributed by atoms with van der Waals surface area (Å²) in [4.78, 5) is 25.2. The number of carbonyl (C=O) groups is 2. The van der Waals surface area contributed by atoms with Gasteiger partial charge in [0.15, 0.2) is 0 Å². The van der Waals surface area contributed by atoms with E-state index in [0.717, 1.165) is 24.4 Å². The van der Waals surface area contributed by atoms with E-state index >= 15 is 0 Å². The van der Waals surface area contributed by atoms with Crippen LogP contribution < -0.4 is 0 Å². The van der Waals surface area contributed by atoms with Crippen molar-refractivity contribution in [2.24, 2.45) is 0 Å². The second-order valence-electron chi connectivity index (χ2n) is 3.47. The Morgan fingerprint density at radius 1 is 1.50 bits per heavy atom. The number of carboxylic acids is 1. The molecular weight excluding hydrogens is 246 g/mol. The van der Waals surface area contributed by atoms with Crippen LogP contribution in [0.25, 0.3) is 0 Å². The average molecular weight is 257 g/mol. The topological polar surface area (TPSA) is 57.6 Å². The lowest BCUT2D eigenvalue weighted by molar-refractivity contribution is -0.131. The van der Waals surface area contributed by atoms with E-state index in [1.807, 2.05) is 4.90 Å². The van der Waals surface area contributed by atoms with E-state index in [0.29, 0.717) is 10.6 Å².